The normalized spacial score (nSPS) is 36.8. The molecule has 7 aliphatic carbocycles. The van der Waals surface area contributed by atoms with E-state index in [0.717, 1.165) is 109 Å². The Hall–Kier alpha value is -2.36. The van der Waals surface area contributed by atoms with E-state index in [0.29, 0.717) is 12.8 Å². The molecule has 7 saturated carbocycles. The first-order valence-electron chi connectivity index (χ1n) is 24.4. The number of hydrogen-bond acceptors (Lipinski definition) is 4. The van der Waals surface area contributed by atoms with Gasteiger partial charge in [-0.2, -0.15) is 0 Å². The SMILES string of the molecule is CCC1CC1/C=C/C=C/C=C/C=C/C=C/CCCCCCCC(=O)OC.CCC1CC1CC1CC1CC1CC1CC1CC1CC1CC1CC1CC1CCC(=O)OC. The van der Waals surface area contributed by atoms with Crippen molar-refractivity contribution in [2.75, 3.05) is 14.2 Å². The Morgan fingerprint density at radius 3 is 1.33 bits per heavy atom. The van der Waals surface area contributed by atoms with E-state index in [4.69, 9.17) is 4.74 Å². The summed E-state index contributed by atoms with van der Waals surface area (Å²) in [4.78, 5) is 22.3. The number of hydrogen-bond donors (Lipinski definition) is 0. The largest absolute Gasteiger partial charge is 0.469 e. The molecule has 0 heterocycles. The van der Waals surface area contributed by atoms with Gasteiger partial charge in [0.15, 0.2) is 0 Å². The third-order valence-electron chi connectivity index (χ3n) is 15.7. The van der Waals surface area contributed by atoms with Crippen LogP contribution in [0.4, 0.5) is 0 Å². The smallest absolute Gasteiger partial charge is 0.305 e. The molecule has 0 bridgehead atoms. The topological polar surface area (TPSA) is 52.6 Å². The fourth-order valence-electron chi connectivity index (χ4n) is 10.9. The molecule has 0 radical (unpaired) electrons. The van der Waals surface area contributed by atoms with Crippen LogP contribution in [-0.4, -0.2) is 26.2 Å². The number of carbonyl (C=O) groups excluding carboxylic acids is 2. The summed E-state index contributed by atoms with van der Waals surface area (Å²) in [5.41, 5.74) is 0. The van der Waals surface area contributed by atoms with Crippen LogP contribution in [0.5, 0.6) is 0 Å². The molecule has 0 aromatic carbocycles. The van der Waals surface area contributed by atoms with Gasteiger partial charge in [-0.05, 0) is 186 Å². The minimum absolute atomic E-state index is 0.0204. The Labute approximate surface area is 349 Å². The second kappa shape index (κ2) is 22.9. The minimum Gasteiger partial charge on any atom is -0.469 e. The van der Waals surface area contributed by atoms with E-state index < -0.39 is 0 Å². The number of unbranched alkanes of at least 4 members (excludes halogenated alkanes) is 5. The van der Waals surface area contributed by atoms with Gasteiger partial charge in [0.1, 0.15) is 0 Å². The summed E-state index contributed by atoms with van der Waals surface area (Å²) in [5, 5.41) is 0. The molecule has 7 rings (SSSR count). The van der Waals surface area contributed by atoms with Crippen molar-refractivity contribution in [3.8, 4) is 0 Å². The summed E-state index contributed by atoms with van der Waals surface area (Å²) in [5.74, 6) is 14.6. The summed E-state index contributed by atoms with van der Waals surface area (Å²) in [6, 6.07) is 0. The van der Waals surface area contributed by atoms with Crippen molar-refractivity contribution in [2.45, 2.75) is 162 Å². The molecule has 0 saturated heterocycles. The minimum atomic E-state index is -0.0934. The number of allylic oxidation sites excluding steroid dienone is 10. The van der Waals surface area contributed by atoms with E-state index in [9.17, 15) is 9.59 Å². The molecule has 7 aliphatic rings. The van der Waals surface area contributed by atoms with Gasteiger partial charge in [-0.3, -0.25) is 9.59 Å². The first-order valence-corrected chi connectivity index (χ1v) is 24.4. The van der Waals surface area contributed by atoms with Crippen molar-refractivity contribution in [3.05, 3.63) is 60.8 Å². The van der Waals surface area contributed by atoms with Crippen molar-refractivity contribution in [1.82, 2.24) is 0 Å². The lowest BCUT2D eigenvalue weighted by molar-refractivity contribution is -0.141. The predicted octanol–water partition coefficient (Wildman–Crippen LogP) is 13.8. The van der Waals surface area contributed by atoms with Crippen LogP contribution in [0.2, 0.25) is 0 Å². The fraction of sp³-hybridized carbons (Fsp3) is 0.774. The number of esters is 2. The third-order valence-corrected chi connectivity index (χ3v) is 15.7. The Morgan fingerprint density at radius 1 is 0.439 bits per heavy atom. The van der Waals surface area contributed by atoms with Gasteiger partial charge < -0.3 is 9.47 Å². The van der Waals surface area contributed by atoms with Gasteiger partial charge in [0.25, 0.3) is 0 Å². The molecule has 14 unspecified atom stereocenters. The summed E-state index contributed by atoms with van der Waals surface area (Å²) >= 11 is 0. The Morgan fingerprint density at radius 2 is 0.842 bits per heavy atom. The number of methoxy groups -OCH3 is 2. The highest BCUT2D eigenvalue weighted by Crippen LogP contribution is 2.62. The highest BCUT2D eigenvalue weighted by Gasteiger charge is 2.52. The van der Waals surface area contributed by atoms with Crippen molar-refractivity contribution in [2.24, 2.45) is 82.9 Å². The van der Waals surface area contributed by atoms with Crippen LogP contribution in [0.15, 0.2) is 60.8 Å². The maximum Gasteiger partial charge on any atom is 0.305 e. The average molecular weight is 783 g/mol. The Balaban J connectivity index is 0.000000197. The zero-order chi connectivity index (χ0) is 40.0. The van der Waals surface area contributed by atoms with E-state index in [2.05, 4.69) is 79.3 Å². The maximum atomic E-state index is 11.3. The van der Waals surface area contributed by atoms with Gasteiger partial charge in [-0.25, -0.2) is 0 Å². The molecule has 0 aromatic rings. The first-order chi connectivity index (χ1) is 27.9. The average Bonchev–Trinajstić information content (AvgIpc) is 4.00. The molecule has 4 nitrogen and oxygen atoms in total. The maximum absolute atomic E-state index is 11.3. The van der Waals surface area contributed by atoms with E-state index in [1.165, 1.54) is 72.0 Å². The highest BCUT2D eigenvalue weighted by molar-refractivity contribution is 5.69. The van der Waals surface area contributed by atoms with Crippen LogP contribution in [0.25, 0.3) is 0 Å². The van der Waals surface area contributed by atoms with Gasteiger partial charge in [0.05, 0.1) is 14.2 Å². The quantitative estimate of drug-likeness (QED) is 0.0451. The van der Waals surface area contributed by atoms with E-state index >= 15 is 0 Å². The molecule has 0 amide bonds. The zero-order valence-electron chi connectivity index (χ0n) is 36.8. The molecule has 0 spiro atoms. The van der Waals surface area contributed by atoms with Crippen LogP contribution in [0.3, 0.4) is 0 Å². The van der Waals surface area contributed by atoms with Crippen LogP contribution in [0, 0.1) is 82.9 Å². The Bertz CT molecular complexity index is 1390. The van der Waals surface area contributed by atoms with Gasteiger partial charge in [0, 0.05) is 12.8 Å². The van der Waals surface area contributed by atoms with Gasteiger partial charge >= 0.3 is 11.9 Å². The zero-order valence-corrected chi connectivity index (χ0v) is 36.8. The van der Waals surface area contributed by atoms with E-state index in [1.54, 1.807) is 51.4 Å². The summed E-state index contributed by atoms with van der Waals surface area (Å²) < 4.78 is 9.41. The molecule has 14 atom stereocenters. The van der Waals surface area contributed by atoms with Gasteiger partial charge in [-0.1, -0.05) is 107 Å². The van der Waals surface area contributed by atoms with Crippen LogP contribution >= 0.6 is 0 Å². The summed E-state index contributed by atoms with van der Waals surface area (Å²) in [6.45, 7) is 4.66. The lowest BCUT2D eigenvalue weighted by Crippen LogP contribution is -2.00. The first kappa shape index (κ1) is 44.2. The van der Waals surface area contributed by atoms with Crippen molar-refractivity contribution < 1.29 is 19.1 Å². The van der Waals surface area contributed by atoms with E-state index in [1.807, 2.05) is 0 Å². The standard InChI is InChI=1S/C29H46O2.C24H36O2/c1-3-17-6-19(17)8-21-10-23(21)12-25-14-27(25)16-28-15-26(28)13-24-11-22(24)9-20-7-18(20)4-5-29(30)31-2;1-3-22-21-23(22)19-17-15-13-11-9-7-5-4-6-8-10-12-14-16-18-20-24(25)26-2/h17-28H,3-16H2,1-2H3;4-7,9,11,13,15,17,19,22-23H,3,8,10,12,14,16,18,20-21H2,1-2H3/b;6-4+,7-5+,11-9+,15-13+,19-17+. The van der Waals surface area contributed by atoms with E-state index in [-0.39, 0.29) is 11.9 Å². The monoisotopic (exact) mass is 783 g/mol. The summed E-state index contributed by atoms with van der Waals surface area (Å²) in [6.07, 6.45) is 51.6. The molecule has 0 aliphatic heterocycles. The molecule has 4 heteroatoms. The van der Waals surface area contributed by atoms with Crippen molar-refractivity contribution >= 4 is 11.9 Å². The molecule has 318 valence electrons. The third kappa shape index (κ3) is 16.7. The molecular formula is C53H82O4. The van der Waals surface area contributed by atoms with Gasteiger partial charge in [0.2, 0.25) is 0 Å². The second-order valence-corrected chi connectivity index (χ2v) is 20.2. The molecule has 0 aromatic heterocycles. The van der Waals surface area contributed by atoms with Crippen molar-refractivity contribution in [1.29, 1.82) is 0 Å². The lowest BCUT2D eigenvalue weighted by atomic mass is 10.0. The second-order valence-electron chi connectivity index (χ2n) is 20.2. The Kier molecular flexibility index (Phi) is 17.7. The molecular weight excluding hydrogens is 701 g/mol. The number of rotatable bonds is 28. The van der Waals surface area contributed by atoms with Crippen molar-refractivity contribution in [3.63, 3.8) is 0 Å². The van der Waals surface area contributed by atoms with Crippen LogP contribution < -0.4 is 0 Å². The molecule has 0 N–H and O–H groups in total. The highest BCUT2D eigenvalue weighted by atomic mass is 16.5. The molecule has 7 fully saturated rings. The number of ether oxygens (including phenoxy) is 2. The van der Waals surface area contributed by atoms with Crippen LogP contribution in [0.1, 0.15) is 162 Å². The fourth-order valence-corrected chi connectivity index (χ4v) is 10.9. The molecule has 57 heavy (non-hydrogen) atoms. The lowest BCUT2D eigenvalue weighted by Gasteiger charge is -2.03. The van der Waals surface area contributed by atoms with Crippen LogP contribution in [-0.2, 0) is 19.1 Å². The number of carbonyl (C=O) groups is 2. The summed E-state index contributed by atoms with van der Waals surface area (Å²) in [7, 11) is 2.96. The van der Waals surface area contributed by atoms with Gasteiger partial charge in [-0.15, -0.1) is 0 Å². The predicted molar refractivity (Wildman–Crippen MR) is 236 cm³/mol.